The van der Waals surface area contributed by atoms with Gasteiger partial charge in [0.1, 0.15) is 22.3 Å². The number of para-hydroxylation sites is 3. The van der Waals surface area contributed by atoms with Gasteiger partial charge in [-0.2, -0.15) is 0 Å². The smallest absolute Gasteiger partial charge is 0.252 e. The molecule has 246 valence electrons. The first kappa shape index (κ1) is 29.1. The molecule has 0 radical (unpaired) electrons. The summed E-state index contributed by atoms with van der Waals surface area (Å²) in [6, 6.07) is 42.4. The summed E-state index contributed by atoms with van der Waals surface area (Å²) in [5.41, 5.74) is 17.3. The van der Waals surface area contributed by atoms with Crippen molar-refractivity contribution < 1.29 is 8.83 Å². The predicted octanol–water partition coefficient (Wildman–Crippen LogP) is 10.6. The minimum Gasteiger partial charge on any atom is -0.456 e. The van der Waals surface area contributed by atoms with E-state index in [1.165, 1.54) is 50.1 Å². The van der Waals surface area contributed by atoms with E-state index in [4.69, 9.17) is 8.83 Å². The van der Waals surface area contributed by atoms with E-state index in [9.17, 15) is 0 Å². The molecule has 0 fully saturated rings. The largest absolute Gasteiger partial charge is 0.456 e. The summed E-state index contributed by atoms with van der Waals surface area (Å²) in [4.78, 5) is 2.55. The minimum atomic E-state index is -0.102. The number of rotatable bonds is 1. The first-order valence-corrected chi connectivity index (χ1v) is 18.1. The molecular formula is C46H37BN2O2. The zero-order chi connectivity index (χ0) is 34.6. The van der Waals surface area contributed by atoms with Crippen LogP contribution < -0.4 is 21.3 Å². The van der Waals surface area contributed by atoms with Crippen LogP contribution >= 0.6 is 0 Å². The molecule has 0 amide bonds. The van der Waals surface area contributed by atoms with Crippen molar-refractivity contribution in [2.24, 2.45) is 0 Å². The molecule has 9 aromatic rings. The van der Waals surface area contributed by atoms with Gasteiger partial charge in [0.05, 0.1) is 16.6 Å². The molecule has 4 nitrogen and oxygen atoms in total. The fraction of sp³-hybridized carbons (Fsp3) is 0.174. The van der Waals surface area contributed by atoms with Gasteiger partial charge in [0.15, 0.2) is 5.58 Å². The van der Waals surface area contributed by atoms with Crippen LogP contribution in [0.1, 0.15) is 52.7 Å². The van der Waals surface area contributed by atoms with Crippen molar-refractivity contribution in [3.8, 4) is 5.69 Å². The summed E-state index contributed by atoms with van der Waals surface area (Å²) < 4.78 is 15.7. The topological polar surface area (TPSA) is 34.5 Å². The van der Waals surface area contributed by atoms with Gasteiger partial charge in [0, 0.05) is 33.2 Å². The van der Waals surface area contributed by atoms with Crippen LogP contribution in [0.4, 0.5) is 17.1 Å². The predicted molar refractivity (Wildman–Crippen MR) is 215 cm³/mol. The molecule has 5 heterocycles. The SMILES string of the molecule is CC(C)(C)c1ccc2c(c1)N(c1cccc3oc4ccccc4c13)c1cc(C(C)(C)C)cc3c1B2c1cccc2c4oc5ccccc5c4n-3c12. The maximum absolute atomic E-state index is 6.71. The van der Waals surface area contributed by atoms with Crippen LogP contribution in [-0.2, 0) is 10.8 Å². The molecule has 3 aromatic heterocycles. The molecule has 0 spiro atoms. The number of nitrogens with zero attached hydrogens (tertiary/aromatic N) is 2. The van der Waals surface area contributed by atoms with Crippen LogP contribution in [0.2, 0.25) is 0 Å². The third kappa shape index (κ3) is 3.76. The number of furan rings is 2. The Morgan fingerprint density at radius 1 is 0.490 bits per heavy atom. The Balaban J connectivity index is 1.35. The molecule has 0 unspecified atom stereocenters. The van der Waals surface area contributed by atoms with Crippen molar-refractivity contribution in [2.45, 2.75) is 52.4 Å². The van der Waals surface area contributed by atoms with E-state index in [2.05, 4.69) is 166 Å². The molecule has 11 rings (SSSR count). The molecule has 0 aliphatic carbocycles. The van der Waals surface area contributed by atoms with Crippen LogP contribution in [0.3, 0.4) is 0 Å². The molecule has 51 heavy (non-hydrogen) atoms. The number of benzene rings is 6. The normalized spacial score (nSPS) is 14.0. The number of hydrogen-bond donors (Lipinski definition) is 0. The number of hydrogen-bond acceptors (Lipinski definition) is 3. The summed E-state index contributed by atoms with van der Waals surface area (Å²) in [5.74, 6) is 0. The third-order valence-corrected chi connectivity index (χ3v) is 11.5. The molecule has 6 aromatic carbocycles. The van der Waals surface area contributed by atoms with Crippen LogP contribution in [-0.4, -0.2) is 11.3 Å². The van der Waals surface area contributed by atoms with Crippen LogP contribution in [0.5, 0.6) is 0 Å². The summed E-state index contributed by atoms with van der Waals surface area (Å²) >= 11 is 0. The van der Waals surface area contributed by atoms with Gasteiger partial charge in [-0.05, 0) is 92.9 Å². The van der Waals surface area contributed by atoms with Gasteiger partial charge in [-0.25, -0.2) is 0 Å². The quantitative estimate of drug-likeness (QED) is 0.164. The van der Waals surface area contributed by atoms with E-state index in [0.29, 0.717) is 0 Å². The molecule has 0 saturated heterocycles. The fourth-order valence-corrected chi connectivity index (χ4v) is 9.00. The minimum absolute atomic E-state index is 0.0272. The monoisotopic (exact) mass is 660 g/mol. The average Bonchev–Trinajstić information content (AvgIpc) is 3.78. The van der Waals surface area contributed by atoms with E-state index < -0.39 is 0 Å². The molecule has 0 saturated carbocycles. The first-order chi connectivity index (χ1) is 24.6. The Morgan fingerprint density at radius 3 is 1.92 bits per heavy atom. The third-order valence-electron chi connectivity index (χ3n) is 11.5. The van der Waals surface area contributed by atoms with Gasteiger partial charge >= 0.3 is 0 Å². The lowest BCUT2D eigenvalue weighted by Crippen LogP contribution is -2.60. The van der Waals surface area contributed by atoms with Crippen molar-refractivity contribution in [1.82, 2.24) is 4.57 Å². The zero-order valence-electron chi connectivity index (χ0n) is 29.8. The molecule has 5 heteroatoms. The standard InChI is InChI=1S/C46H37BN2O2/c1-45(2,3)26-21-22-31-34(23-26)48(33-17-12-20-39-40(33)28-13-7-9-18-37(28)50-39)35-24-27(46(4,5)6)25-36-41(35)47(31)32-16-11-15-30-42(32)49(36)43-29-14-8-10-19-38(29)51-44(30)43/h7-25H,1-6H3. The molecule has 0 bridgehead atoms. The highest BCUT2D eigenvalue weighted by molar-refractivity contribution is 7.00. The van der Waals surface area contributed by atoms with E-state index in [1.807, 2.05) is 0 Å². The van der Waals surface area contributed by atoms with Crippen LogP contribution in [0.25, 0.3) is 60.6 Å². The van der Waals surface area contributed by atoms with E-state index >= 15 is 0 Å². The summed E-state index contributed by atoms with van der Waals surface area (Å²) in [5, 5.41) is 4.57. The molecule has 0 N–H and O–H groups in total. The summed E-state index contributed by atoms with van der Waals surface area (Å²) in [6.07, 6.45) is 0. The van der Waals surface area contributed by atoms with Gasteiger partial charge in [0.2, 0.25) is 0 Å². The van der Waals surface area contributed by atoms with Crippen LogP contribution in [0.15, 0.2) is 124 Å². The van der Waals surface area contributed by atoms with E-state index in [0.717, 1.165) is 55.1 Å². The van der Waals surface area contributed by atoms with Gasteiger partial charge in [-0.15, -0.1) is 0 Å². The maximum atomic E-state index is 6.71. The molecule has 2 aliphatic heterocycles. The van der Waals surface area contributed by atoms with Crippen molar-refractivity contribution in [2.75, 3.05) is 4.90 Å². The highest BCUT2D eigenvalue weighted by Crippen LogP contribution is 2.48. The van der Waals surface area contributed by atoms with Crippen molar-refractivity contribution in [3.05, 3.63) is 126 Å². The lowest BCUT2D eigenvalue weighted by Gasteiger charge is -2.42. The number of anilines is 3. The van der Waals surface area contributed by atoms with E-state index in [-0.39, 0.29) is 17.5 Å². The highest BCUT2D eigenvalue weighted by Gasteiger charge is 2.44. The Kier molecular flexibility index (Phi) is 5.45. The Morgan fingerprint density at radius 2 is 1.14 bits per heavy atom. The maximum Gasteiger partial charge on any atom is 0.252 e. The summed E-state index contributed by atoms with van der Waals surface area (Å²) in [6.45, 7) is 14.0. The number of fused-ring (bicyclic) bond motifs is 12. The second-order valence-corrected chi connectivity index (χ2v) is 16.6. The Hall–Kier alpha value is -5.68. The lowest BCUT2D eigenvalue weighted by molar-refractivity contribution is 0.590. The summed E-state index contributed by atoms with van der Waals surface area (Å²) in [7, 11) is 0. The van der Waals surface area contributed by atoms with Gasteiger partial charge in [-0.3, -0.25) is 0 Å². The van der Waals surface area contributed by atoms with Crippen molar-refractivity contribution in [3.63, 3.8) is 0 Å². The second-order valence-electron chi connectivity index (χ2n) is 16.6. The number of aromatic nitrogens is 1. The molecular weight excluding hydrogens is 623 g/mol. The zero-order valence-corrected chi connectivity index (χ0v) is 29.8. The van der Waals surface area contributed by atoms with Crippen molar-refractivity contribution >= 4 is 95.1 Å². The Labute approximate surface area is 297 Å². The lowest BCUT2D eigenvalue weighted by atomic mass is 9.33. The van der Waals surface area contributed by atoms with E-state index in [1.54, 1.807) is 0 Å². The molecule has 2 aliphatic rings. The second kappa shape index (κ2) is 9.55. The van der Waals surface area contributed by atoms with Crippen LogP contribution in [0, 0.1) is 0 Å². The Bertz CT molecular complexity index is 2960. The first-order valence-electron chi connectivity index (χ1n) is 18.1. The highest BCUT2D eigenvalue weighted by atomic mass is 16.3. The van der Waals surface area contributed by atoms with Gasteiger partial charge < -0.3 is 18.3 Å². The molecule has 0 atom stereocenters. The van der Waals surface area contributed by atoms with Gasteiger partial charge in [-0.1, -0.05) is 102 Å². The van der Waals surface area contributed by atoms with Gasteiger partial charge in [0.25, 0.3) is 6.71 Å². The average molecular weight is 661 g/mol. The van der Waals surface area contributed by atoms with Crippen molar-refractivity contribution in [1.29, 1.82) is 0 Å². The fourth-order valence-electron chi connectivity index (χ4n) is 9.00.